The molecule has 0 unspecified atom stereocenters. The Kier molecular flexibility index (Phi) is 4.42. The lowest BCUT2D eigenvalue weighted by Crippen LogP contribution is -2.21. The highest BCUT2D eigenvalue weighted by atomic mass is 35.5. The quantitative estimate of drug-likeness (QED) is 0.596. The molecule has 0 aliphatic carbocycles. The number of rotatable bonds is 4. The molecule has 0 bridgehead atoms. The zero-order valence-corrected chi connectivity index (χ0v) is 14.8. The van der Waals surface area contributed by atoms with E-state index in [1.807, 2.05) is 5.38 Å². The van der Waals surface area contributed by atoms with E-state index in [1.165, 1.54) is 23.5 Å². The molecule has 0 aliphatic rings. The van der Waals surface area contributed by atoms with Gasteiger partial charge >= 0.3 is 0 Å². The third kappa shape index (κ3) is 2.87. The van der Waals surface area contributed by atoms with Gasteiger partial charge in [-0.15, -0.1) is 26.5 Å². The van der Waals surface area contributed by atoms with E-state index in [9.17, 15) is 8.42 Å². The van der Waals surface area contributed by atoms with Crippen LogP contribution >= 0.6 is 46.1 Å². The largest absolute Gasteiger partial charge is 0.280 e. The van der Waals surface area contributed by atoms with Crippen LogP contribution in [0.4, 0.5) is 5.13 Å². The van der Waals surface area contributed by atoms with Crippen molar-refractivity contribution in [3.05, 3.63) is 52.2 Å². The molecule has 0 saturated heterocycles. The van der Waals surface area contributed by atoms with Crippen LogP contribution in [0, 0.1) is 0 Å². The van der Waals surface area contributed by atoms with Crippen molar-refractivity contribution in [2.75, 3.05) is 3.82 Å². The van der Waals surface area contributed by atoms with Crippen molar-refractivity contribution in [3.8, 4) is 10.6 Å². The molecular weight excluding hydrogens is 383 g/mol. The number of halogens is 2. The Balaban J connectivity index is 1.95. The van der Waals surface area contributed by atoms with E-state index in [0.717, 1.165) is 16.2 Å². The van der Waals surface area contributed by atoms with Crippen LogP contribution in [0.15, 0.2) is 52.1 Å². The highest BCUT2D eigenvalue weighted by Gasteiger charge is 2.26. The minimum absolute atomic E-state index is 0.107. The highest BCUT2D eigenvalue weighted by molar-refractivity contribution is 7.94. The number of thiophene rings is 1. The SMILES string of the molecule is O=S(=O)(c1ccccc1)N(Cl)c1nc(-c2sccc2Cl)cs1. The molecule has 0 saturated carbocycles. The fourth-order valence-corrected chi connectivity index (χ4v) is 5.28. The van der Waals surface area contributed by atoms with E-state index in [4.69, 9.17) is 23.4 Å². The fourth-order valence-electron chi connectivity index (χ4n) is 1.71. The predicted octanol–water partition coefficient (Wildman–Crippen LogP) is 4.87. The van der Waals surface area contributed by atoms with Crippen molar-refractivity contribution >= 4 is 61.2 Å². The normalized spacial score (nSPS) is 11.5. The molecule has 0 fully saturated rings. The average Bonchev–Trinajstić information content (AvgIpc) is 3.16. The summed E-state index contributed by atoms with van der Waals surface area (Å²) >= 11 is 14.6. The zero-order valence-electron chi connectivity index (χ0n) is 10.8. The van der Waals surface area contributed by atoms with Gasteiger partial charge in [-0.2, -0.15) is 8.42 Å². The molecule has 22 heavy (non-hydrogen) atoms. The fraction of sp³-hybridized carbons (Fsp3) is 0. The van der Waals surface area contributed by atoms with Crippen molar-refractivity contribution in [2.45, 2.75) is 4.90 Å². The Labute approximate surface area is 145 Å². The smallest absolute Gasteiger partial charge is 0.217 e. The highest BCUT2D eigenvalue weighted by Crippen LogP contribution is 2.37. The van der Waals surface area contributed by atoms with Gasteiger partial charge < -0.3 is 0 Å². The Morgan fingerprint density at radius 1 is 1.09 bits per heavy atom. The molecule has 9 heteroatoms. The van der Waals surface area contributed by atoms with Crippen molar-refractivity contribution in [3.63, 3.8) is 0 Å². The molecule has 4 nitrogen and oxygen atoms in total. The molecule has 1 aromatic carbocycles. The van der Waals surface area contributed by atoms with Crippen molar-refractivity contribution in [1.82, 2.24) is 4.98 Å². The van der Waals surface area contributed by atoms with Gasteiger partial charge in [-0.25, -0.2) is 4.98 Å². The lowest BCUT2D eigenvalue weighted by atomic mass is 10.4. The van der Waals surface area contributed by atoms with Crippen LogP contribution in [0.3, 0.4) is 0 Å². The van der Waals surface area contributed by atoms with Crippen LogP contribution in [-0.4, -0.2) is 13.4 Å². The first-order chi connectivity index (χ1) is 10.5. The maximum Gasteiger partial charge on any atom is 0.280 e. The van der Waals surface area contributed by atoms with E-state index in [1.54, 1.807) is 29.6 Å². The first-order valence-electron chi connectivity index (χ1n) is 5.95. The number of nitrogens with zero attached hydrogens (tertiary/aromatic N) is 2. The van der Waals surface area contributed by atoms with Crippen LogP contribution in [0.25, 0.3) is 10.6 Å². The molecule has 3 rings (SSSR count). The van der Waals surface area contributed by atoms with Gasteiger partial charge in [-0.1, -0.05) is 29.8 Å². The molecule has 3 aromatic rings. The van der Waals surface area contributed by atoms with Gasteiger partial charge in [0, 0.05) is 17.2 Å². The number of benzene rings is 1. The molecule has 114 valence electrons. The second-order valence-corrected chi connectivity index (χ2v) is 8.63. The van der Waals surface area contributed by atoms with Gasteiger partial charge in [-0.3, -0.25) is 0 Å². The molecule has 2 aromatic heterocycles. The maximum absolute atomic E-state index is 12.4. The monoisotopic (exact) mass is 390 g/mol. The summed E-state index contributed by atoms with van der Waals surface area (Å²) in [6.45, 7) is 0. The van der Waals surface area contributed by atoms with Gasteiger partial charge in [0.05, 0.1) is 20.5 Å². The van der Waals surface area contributed by atoms with Gasteiger partial charge in [0.2, 0.25) is 5.13 Å². The lowest BCUT2D eigenvalue weighted by Gasteiger charge is -2.12. The number of anilines is 1. The number of hydrogen-bond acceptors (Lipinski definition) is 5. The van der Waals surface area contributed by atoms with E-state index >= 15 is 0 Å². The summed E-state index contributed by atoms with van der Waals surface area (Å²) in [4.78, 5) is 5.16. The van der Waals surface area contributed by atoms with Crippen molar-refractivity contribution < 1.29 is 8.42 Å². The second kappa shape index (κ2) is 6.17. The Hall–Kier alpha value is -1.12. The zero-order chi connectivity index (χ0) is 15.7. The number of hydrogen-bond donors (Lipinski definition) is 0. The van der Waals surface area contributed by atoms with Crippen molar-refractivity contribution in [2.24, 2.45) is 0 Å². The number of sulfonamides is 1. The Bertz CT molecular complexity index is 891. The second-order valence-electron chi connectivity index (χ2n) is 4.15. The number of thiazole rings is 1. The summed E-state index contributed by atoms with van der Waals surface area (Å²) in [6.07, 6.45) is 0. The summed E-state index contributed by atoms with van der Waals surface area (Å²) in [5.74, 6) is 0. The molecule has 0 atom stereocenters. The molecule has 0 amide bonds. The first kappa shape index (κ1) is 15.8. The van der Waals surface area contributed by atoms with Crippen LogP contribution in [-0.2, 0) is 10.0 Å². The first-order valence-corrected chi connectivity index (χ1v) is 9.87. The van der Waals surface area contributed by atoms with E-state index in [-0.39, 0.29) is 10.0 Å². The number of aromatic nitrogens is 1. The Morgan fingerprint density at radius 2 is 1.82 bits per heavy atom. The topological polar surface area (TPSA) is 50.3 Å². The van der Waals surface area contributed by atoms with Gasteiger partial charge in [0.1, 0.15) is 0 Å². The van der Waals surface area contributed by atoms with Crippen LogP contribution in [0.5, 0.6) is 0 Å². The third-order valence-corrected chi connectivity index (χ3v) is 7.32. The van der Waals surface area contributed by atoms with Gasteiger partial charge in [0.25, 0.3) is 10.0 Å². The average molecular weight is 391 g/mol. The minimum atomic E-state index is -3.84. The molecule has 0 aliphatic heterocycles. The van der Waals surface area contributed by atoms with E-state index in [2.05, 4.69) is 4.98 Å². The summed E-state index contributed by atoms with van der Waals surface area (Å²) in [6, 6.07) is 9.73. The molecule has 2 heterocycles. The molecular formula is C13H8Cl2N2O2S3. The summed E-state index contributed by atoms with van der Waals surface area (Å²) in [5.41, 5.74) is 0.605. The summed E-state index contributed by atoms with van der Waals surface area (Å²) < 4.78 is 25.5. The predicted molar refractivity (Wildman–Crippen MR) is 92.4 cm³/mol. The van der Waals surface area contributed by atoms with E-state index < -0.39 is 10.0 Å². The van der Waals surface area contributed by atoms with Gasteiger partial charge in [0.15, 0.2) is 0 Å². The molecule has 0 radical (unpaired) electrons. The van der Waals surface area contributed by atoms with Crippen LogP contribution < -0.4 is 3.82 Å². The van der Waals surface area contributed by atoms with Crippen LogP contribution in [0.2, 0.25) is 5.02 Å². The van der Waals surface area contributed by atoms with Gasteiger partial charge in [-0.05, 0) is 23.6 Å². The standard InChI is InChI=1S/C13H8Cl2N2O2S3/c14-10-6-7-20-12(10)11-8-21-13(16-11)17(15)22(18,19)9-4-2-1-3-5-9/h1-8H. The molecule has 0 N–H and O–H groups in total. The third-order valence-electron chi connectivity index (χ3n) is 2.74. The Morgan fingerprint density at radius 3 is 2.45 bits per heavy atom. The van der Waals surface area contributed by atoms with E-state index in [0.29, 0.717) is 14.5 Å². The lowest BCUT2D eigenvalue weighted by molar-refractivity contribution is 0.598. The summed E-state index contributed by atoms with van der Waals surface area (Å²) in [5, 5.41) is 4.32. The maximum atomic E-state index is 12.4. The molecule has 0 spiro atoms. The summed E-state index contributed by atoms with van der Waals surface area (Å²) in [7, 11) is -3.84. The van der Waals surface area contributed by atoms with Crippen molar-refractivity contribution in [1.29, 1.82) is 0 Å². The minimum Gasteiger partial charge on any atom is -0.217 e. The van der Waals surface area contributed by atoms with Crippen LogP contribution in [0.1, 0.15) is 0 Å².